The highest BCUT2D eigenvalue weighted by Crippen LogP contribution is 2.12. The highest BCUT2D eigenvalue weighted by atomic mass is 16.4. The molecule has 26 nitrogen and oxygen atoms in total. The van der Waals surface area contributed by atoms with Crippen molar-refractivity contribution in [3.63, 3.8) is 0 Å². The highest BCUT2D eigenvalue weighted by Gasteiger charge is 2.37. The number of hydrogen-bond donors (Lipinski definition) is 13. The first-order valence-electron chi connectivity index (χ1n) is 22.5. The molecule has 1 rings (SSSR count). The second kappa shape index (κ2) is 28.4. The third-order valence-corrected chi connectivity index (χ3v) is 9.63. The highest BCUT2D eigenvalue weighted by molar-refractivity contribution is 5.99. The van der Waals surface area contributed by atoms with Crippen molar-refractivity contribution in [3.8, 4) is 0 Å². The van der Waals surface area contributed by atoms with Crippen LogP contribution in [0.2, 0.25) is 0 Å². The lowest BCUT2D eigenvalue weighted by Crippen LogP contribution is -2.61. The van der Waals surface area contributed by atoms with Gasteiger partial charge in [-0.3, -0.25) is 57.8 Å². The second-order valence-electron chi connectivity index (χ2n) is 14.9. The molecule has 0 heterocycles. The first-order valence-corrected chi connectivity index (χ1v) is 20.2. The summed E-state index contributed by atoms with van der Waals surface area (Å²) < 4.78 is 31.0. The Morgan fingerprint density at radius 3 is 1.62 bits per heavy atom. The van der Waals surface area contributed by atoms with Crippen LogP contribution in [0.25, 0.3) is 0 Å². The smallest absolute Gasteiger partial charge is 0.326 e. The molecule has 366 valence electrons. The molecule has 1 aromatic carbocycles. The summed E-state index contributed by atoms with van der Waals surface area (Å²) in [6.07, 6.45) is -5.08. The Labute approximate surface area is 384 Å². The van der Waals surface area contributed by atoms with Crippen molar-refractivity contribution in [2.75, 3.05) is 20.5 Å². The standard InChI is InChI=1S/C40H61N11O15/c1-5-20(2)32(38(64)49-26(18-31(57)58)36(62)46-23(39(65)66)12-9-15-44-40(42)43)50-33(59)22(13-14-29(53)54)45-35(61)25(17-30(55)56)47-34(60)24(16-21-10-7-6-8-11-21)48-37(63)27(51(3)4)19-28(41)52/h6-8,10-11,20,22-27,32H,5,9,12-19H2,1-4H3,(H2,41,52)(H,45,61)(H,46,62)(H,47,60)(H,48,63)(H,49,64)(H,50,59)(H,53,54)(H,55,56)(H,57,58)(H,65,66)(H4,42,43,44)/t20-,22-,23-,24-,25-,26-,27-,32-/m0/s1/i3D2,4D2. The number of carbonyl (C=O) groups is 11. The van der Waals surface area contributed by atoms with Gasteiger partial charge in [0.1, 0.15) is 36.3 Å². The second-order valence-corrected chi connectivity index (χ2v) is 14.9. The van der Waals surface area contributed by atoms with Crippen LogP contribution in [0.15, 0.2) is 35.3 Å². The Balaban J connectivity index is 3.56. The third-order valence-electron chi connectivity index (χ3n) is 9.63. The Morgan fingerprint density at radius 2 is 1.14 bits per heavy atom. The van der Waals surface area contributed by atoms with E-state index in [0.717, 1.165) is 0 Å². The fraction of sp³-hybridized carbons (Fsp3) is 0.550. The fourth-order valence-corrected chi connectivity index (χ4v) is 5.95. The van der Waals surface area contributed by atoms with Crippen LogP contribution in [0.1, 0.15) is 76.3 Å². The summed E-state index contributed by atoms with van der Waals surface area (Å²) in [6, 6.07) is -5.00. The molecule has 66 heavy (non-hydrogen) atoms. The maximum atomic E-state index is 13.9. The first kappa shape index (κ1) is 49.6. The number of nitrogens with one attached hydrogen (secondary N) is 6. The molecule has 0 saturated carbocycles. The van der Waals surface area contributed by atoms with E-state index in [0.29, 0.717) is 10.5 Å². The maximum Gasteiger partial charge on any atom is 0.326 e. The van der Waals surface area contributed by atoms with E-state index in [1.54, 1.807) is 25.1 Å². The minimum Gasteiger partial charge on any atom is -0.481 e. The minimum atomic E-state index is -2.15. The normalized spacial score (nSPS) is 15.5. The number of carbonyl (C=O) groups excluding carboxylic acids is 7. The van der Waals surface area contributed by atoms with Crippen LogP contribution in [0.3, 0.4) is 0 Å². The van der Waals surface area contributed by atoms with Gasteiger partial charge in [-0.1, -0.05) is 50.6 Å². The molecule has 8 atom stereocenters. The summed E-state index contributed by atoms with van der Waals surface area (Å²) in [4.78, 5) is 146. The number of rotatable bonds is 31. The number of hydrogen-bond acceptors (Lipinski definition) is 13. The number of benzene rings is 1. The van der Waals surface area contributed by atoms with Gasteiger partial charge in [0, 0.05) is 24.9 Å². The van der Waals surface area contributed by atoms with Crippen molar-refractivity contribution in [1.29, 1.82) is 0 Å². The van der Waals surface area contributed by atoms with Gasteiger partial charge in [0.15, 0.2) is 5.96 Å². The summed E-state index contributed by atoms with van der Waals surface area (Å²) in [7, 11) is 0. The van der Waals surface area contributed by atoms with Gasteiger partial charge < -0.3 is 69.5 Å². The number of carboxylic acids is 4. The van der Waals surface area contributed by atoms with Crippen molar-refractivity contribution < 1.29 is 78.6 Å². The van der Waals surface area contributed by atoms with Gasteiger partial charge in [0.05, 0.1) is 25.3 Å². The number of primary amides is 1. The zero-order valence-corrected chi connectivity index (χ0v) is 36.1. The molecule has 0 bridgehead atoms. The molecule has 16 N–H and O–H groups in total. The van der Waals surface area contributed by atoms with E-state index in [2.05, 4.69) is 36.9 Å². The zero-order valence-electron chi connectivity index (χ0n) is 40.1. The molecule has 0 radical (unpaired) electrons. The molecule has 7 amide bonds. The van der Waals surface area contributed by atoms with Gasteiger partial charge in [-0.15, -0.1) is 0 Å². The quantitative estimate of drug-likeness (QED) is 0.0191. The number of amides is 7. The predicted octanol–water partition coefficient (Wildman–Crippen LogP) is -4.06. The van der Waals surface area contributed by atoms with E-state index >= 15 is 0 Å². The summed E-state index contributed by atoms with van der Waals surface area (Å²) in [5.74, 6) is -16.1. The molecule has 0 unspecified atom stereocenters. The molecule has 0 aromatic heterocycles. The lowest BCUT2D eigenvalue weighted by atomic mass is 9.96. The monoisotopic (exact) mass is 939 g/mol. The Bertz CT molecular complexity index is 2040. The van der Waals surface area contributed by atoms with Crippen molar-refractivity contribution in [3.05, 3.63) is 35.9 Å². The fourth-order valence-electron chi connectivity index (χ4n) is 5.95. The molecule has 1 aromatic rings. The van der Waals surface area contributed by atoms with Gasteiger partial charge in [-0.25, -0.2) is 4.79 Å². The van der Waals surface area contributed by atoms with Crippen LogP contribution in [0.4, 0.5) is 0 Å². The van der Waals surface area contributed by atoms with E-state index < -0.39 is 160 Å². The Kier molecular flexibility index (Phi) is 21.4. The number of carboxylic acid groups (broad SMARTS) is 4. The van der Waals surface area contributed by atoms with Crippen LogP contribution >= 0.6 is 0 Å². The number of aliphatic imine (C=N–C) groups is 1. The van der Waals surface area contributed by atoms with Crippen LogP contribution in [-0.4, -0.2) is 159 Å². The van der Waals surface area contributed by atoms with Crippen molar-refractivity contribution >= 4 is 71.2 Å². The largest absolute Gasteiger partial charge is 0.481 e. The summed E-state index contributed by atoms with van der Waals surface area (Å²) in [6.45, 7) is -1.30. The molecule has 0 saturated heterocycles. The average molecular weight is 940 g/mol. The molecule has 0 fully saturated rings. The molecular formula is C40H61N11O15. The number of nitrogens with zero attached hydrogens (tertiary/aromatic N) is 2. The topological polar surface area (TPSA) is 435 Å². The van der Waals surface area contributed by atoms with Gasteiger partial charge in [0.2, 0.25) is 41.4 Å². The first-order chi connectivity index (χ1) is 32.7. The molecule has 0 spiro atoms. The SMILES string of the molecule is [2H]C([2H])N(C([2H])[2H])[C@@H](CC(N)=O)C(=O)N[C@@H](Cc1ccccc1)C(=O)N[C@@H](CC(=O)O)C(=O)N[C@@H](CCC(=O)O)C(=O)N[C@H](C(=O)N[C@@H](CC(=O)O)C(=O)N[C@@H](CCCN=C(N)N)C(=O)O)[C@@H](C)CC. The van der Waals surface area contributed by atoms with E-state index in [9.17, 15) is 73.2 Å². The van der Waals surface area contributed by atoms with Gasteiger partial charge >= 0.3 is 23.9 Å². The molecular weight excluding hydrogens is 875 g/mol. The van der Waals surface area contributed by atoms with E-state index in [1.807, 2.05) is 0 Å². The lowest BCUT2D eigenvalue weighted by Gasteiger charge is -2.29. The van der Waals surface area contributed by atoms with E-state index in [1.165, 1.54) is 19.1 Å². The maximum absolute atomic E-state index is 13.9. The summed E-state index contributed by atoms with van der Waals surface area (Å²) in [5.41, 5.74) is 16.2. The van der Waals surface area contributed by atoms with Crippen LogP contribution < -0.4 is 49.1 Å². The zero-order chi connectivity index (χ0) is 53.4. The predicted molar refractivity (Wildman–Crippen MR) is 231 cm³/mol. The van der Waals surface area contributed by atoms with Crippen LogP contribution in [0.5, 0.6) is 0 Å². The molecule has 0 aliphatic carbocycles. The summed E-state index contributed by atoms with van der Waals surface area (Å²) in [5, 5.41) is 51.7. The van der Waals surface area contributed by atoms with Crippen molar-refractivity contribution in [1.82, 2.24) is 36.8 Å². The minimum absolute atomic E-state index is 0.0165. The van der Waals surface area contributed by atoms with E-state index in [-0.39, 0.29) is 38.2 Å². The lowest BCUT2D eigenvalue weighted by molar-refractivity contribution is -0.144. The molecule has 0 aliphatic heterocycles. The van der Waals surface area contributed by atoms with Crippen molar-refractivity contribution in [2.24, 2.45) is 28.1 Å². The van der Waals surface area contributed by atoms with E-state index in [4.69, 9.17) is 22.7 Å². The van der Waals surface area contributed by atoms with Crippen LogP contribution in [0, 0.1) is 5.92 Å². The third kappa shape index (κ3) is 21.3. The number of nitrogens with two attached hydrogens (primary N) is 3. The summed E-state index contributed by atoms with van der Waals surface area (Å²) >= 11 is 0. The Hall–Kier alpha value is -7.38. The van der Waals surface area contributed by atoms with Crippen molar-refractivity contribution in [2.45, 2.75) is 114 Å². The molecule has 0 aliphatic rings. The number of guanidine groups is 1. The number of likely N-dealkylation sites (N-methyl/N-ethyl adjacent to an activating group) is 1. The van der Waals surface area contributed by atoms with Gasteiger partial charge in [-0.2, -0.15) is 0 Å². The van der Waals surface area contributed by atoms with Crippen LogP contribution in [-0.2, 0) is 59.2 Å². The average Bonchev–Trinajstić information content (AvgIpc) is 3.25. The van der Waals surface area contributed by atoms with Gasteiger partial charge in [-0.05, 0) is 44.7 Å². The molecule has 26 heteroatoms. The van der Waals surface area contributed by atoms with Gasteiger partial charge in [0.25, 0.3) is 0 Å². The number of aliphatic carboxylic acids is 4. The Morgan fingerprint density at radius 1 is 0.636 bits per heavy atom.